The minimum Gasteiger partial charge on any atom is -0.497 e. The number of amides is 2. The molecule has 5 nitrogen and oxygen atoms in total. The Morgan fingerprint density at radius 3 is 2.55 bits per heavy atom. The molecule has 31 heavy (non-hydrogen) atoms. The van der Waals surface area contributed by atoms with E-state index in [2.05, 4.69) is 11.4 Å². The summed E-state index contributed by atoms with van der Waals surface area (Å²) in [5.74, 6) is 0.721. The van der Waals surface area contributed by atoms with Crippen molar-refractivity contribution in [2.45, 2.75) is 32.4 Å². The van der Waals surface area contributed by atoms with Crippen LogP contribution in [-0.2, 0) is 29.1 Å². The third-order valence-corrected chi connectivity index (χ3v) is 6.60. The van der Waals surface area contributed by atoms with Crippen LogP contribution in [0.25, 0.3) is 0 Å². The number of nitrogens with zero attached hydrogens (tertiary/aromatic N) is 2. The van der Waals surface area contributed by atoms with E-state index in [1.807, 2.05) is 59.5 Å². The molecule has 0 bridgehead atoms. The standard InChI is InChI=1S/C25H26N2O3S/c1-30-22-9-7-21(8-10-22)27(17-19-5-3-2-4-6-19)25(29)12-11-24(28)26-15-13-23-20(18-26)14-16-31-23/h2-10,14,16H,11-13,15,17-18H2,1H3. The van der Waals surface area contributed by atoms with Crippen molar-refractivity contribution in [3.63, 3.8) is 0 Å². The Labute approximate surface area is 186 Å². The van der Waals surface area contributed by atoms with Crippen molar-refractivity contribution in [2.75, 3.05) is 18.6 Å². The molecule has 0 fully saturated rings. The summed E-state index contributed by atoms with van der Waals surface area (Å²) in [7, 11) is 1.62. The second-order valence-corrected chi connectivity index (χ2v) is 8.60. The third kappa shape index (κ3) is 5.14. The van der Waals surface area contributed by atoms with Crippen molar-refractivity contribution in [3.8, 4) is 5.75 Å². The van der Waals surface area contributed by atoms with Gasteiger partial charge in [-0.05, 0) is 53.3 Å². The number of hydrogen-bond donors (Lipinski definition) is 0. The van der Waals surface area contributed by atoms with Crippen molar-refractivity contribution in [1.29, 1.82) is 0 Å². The summed E-state index contributed by atoms with van der Waals surface area (Å²) >= 11 is 1.75. The summed E-state index contributed by atoms with van der Waals surface area (Å²) in [6, 6.07) is 19.4. The van der Waals surface area contributed by atoms with Crippen molar-refractivity contribution in [2.24, 2.45) is 0 Å². The monoisotopic (exact) mass is 434 g/mol. The molecule has 1 aliphatic heterocycles. The zero-order chi connectivity index (χ0) is 21.6. The fourth-order valence-electron chi connectivity index (χ4n) is 3.82. The average Bonchev–Trinajstić information content (AvgIpc) is 3.29. The van der Waals surface area contributed by atoms with Crippen LogP contribution >= 0.6 is 11.3 Å². The second-order valence-electron chi connectivity index (χ2n) is 7.60. The molecular weight excluding hydrogens is 408 g/mol. The number of anilines is 1. The summed E-state index contributed by atoms with van der Waals surface area (Å²) in [6.07, 6.45) is 1.31. The molecule has 4 rings (SSSR count). The molecule has 0 spiro atoms. The zero-order valence-corrected chi connectivity index (χ0v) is 18.4. The van der Waals surface area contributed by atoms with Crippen LogP contribution in [0.5, 0.6) is 5.75 Å². The molecule has 1 aromatic heterocycles. The molecule has 0 saturated carbocycles. The molecule has 0 atom stereocenters. The van der Waals surface area contributed by atoms with Gasteiger partial charge in [-0.2, -0.15) is 0 Å². The Kier molecular flexibility index (Phi) is 6.67. The molecule has 0 unspecified atom stereocenters. The van der Waals surface area contributed by atoms with Crippen LogP contribution in [0.1, 0.15) is 28.8 Å². The lowest BCUT2D eigenvalue weighted by molar-refractivity contribution is -0.134. The predicted molar refractivity (Wildman–Crippen MR) is 123 cm³/mol. The number of ether oxygens (including phenoxy) is 1. The number of benzene rings is 2. The topological polar surface area (TPSA) is 49.9 Å². The number of methoxy groups -OCH3 is 1. The van der Waals surface area contributed by atoms with E-state index in [0.29, 0.717) is 13.1 Å². The first-order valence-electron chi connectivity index (χ1n) is 10.5. The van der Waals surface area contributed by atoms with Crippen LogP contribution in [0.4, 0.5) is 5.69 Å². The van der Waals surface area contributed by atoms with E-state index in [1.54, 1.807) is 23.3 Å². The summed E-state index contributed by atoms with van der Waals surface area (Å²) in [5.41, 5.74) is 3.07. The maximum absolute atomic E-state index is 13.2. The quantitative estimate of drug-likeness (QED) is 0.544. The Hall–Kier alpha value is -3.12. The Bertz CT molecular complexity index is 1030. The van der Waals surface area contributed by atoms with Crippen LogP contribution in [0.2, 0.25) is 0 Å². The van der Waals surface area contributed by atoms with Gasteiger partial charge in [-0.3, -0.25) is 9.59 Å². The van der Waals surface area contributed by atoms with Gasteiger partial charge in [0.2, 0.25) is 11.8 Å². The van der Waals surface area contributed by atoms with Crippen LogP contribution in [0.3, 0.4) is 0 Å². The molecule has 2 amide bonds. The van der Waals surface area contributed by atoms with E-state index in [1.165, 1.54) is 10.4 Å². The number of carbonyl (C=O) groups is 2. The van der Waals surface area contributed by atoms with Gasteiger partial charge in [0.15, 0.2) is 0 Å². The van der Waals surface area contributed by atoms with E-state index in [0.717, 1.165) is 30.0 Å². The zero-order valence-electron chi connectivity index (χ0n) is 17.6. The predicted octanol–water partition coefficient (Wildman–Crippen LogP) is 4.66. The molecule has 2 aromatic carbocycles. The van der Waals surface area contributed by atoms with Gasteiger partial charge < -0.3 is 14.5 Å². The first kappa shape index (κ1) is 21.1. The van der Waals surface area contributed by atoms with E-state index in [4.69, 9.17) is 4.74 Å². The van der Waals surface area contributed by atoms with Gasteiger partial charge in [0, 0.05) is 36.5 Å². The lowest BCUT2D eigenvalue weighted by atomic mass is 10.1. The molecular formula is C25H26N2O3S. The van der Waals surface area contributed by atoms with Gasteiger partial charge in [0.1, 0.15) is 5.75 Å². The van der Waals surface area contributed by atoms with Gasteiger partial charge in [-0.1, -0.05) is 30.3 Å². The van der Waals surface area contributed by atoms with Crippen LogP contribution in [0, 0.1) is 0 Å². The highest BCUT2D eigenvalue weighted by Gasteiger charge is 2.23. The molecule has 160 valence electrons. The normalized spacial score (nSPS) is 12.9. The van der Waals surface area contributed by atoms with Crippen LogP contribution in [-0.4, -0.2) is 30.4 Å². The number of hydrogen-bond acceptors (Lipinski definition) is 4. The lowest BCUT2D eigenvalue weighted by Gasteiger charge is -2.28. The number of thiophene rings is 1. The Balaban J connectivity index is 1.43. The highest BCUT2D eigenvalue weighted by atomic mass is 32.1. The van der Waals surface area contributed by atoms with Gasteiger partial charge >= 0.3 is 0 Å². The molecule has 0 radical (unpaired) electrons. The molecule has 2 heterocycles. The lowest BCUT2D eigenvalue weighted by Crippen LogP contribution is -2.37. The molecule has 6 heteroatoms. The minimum absolute atomic E-state index is 0.0413. The average molecular weight is 435 g/mol. The number of carbonyl (C=O) groups excluding carboxylic acids is 2. The number of fused-ring (bicyclic) bond motifs is 1. The van der Waals surface area contributed by atoms with E-state index in [9.17, 15) is 9.59 Å². The maximum Gasteiger partial charge on any atom is 0.227 e. The van der Waals surface area contributed by atoms with Crippen molar-refractivity contribution in [3.05, 3.63) is 82.0 Å². The Morgan fingerprint density at radius 2 is 1.81 bits per heavy atom. The molecule has 3 aromatic rings. The van der Waals surface area contributed by atoms with Crippen LogP contribution < -0.4 is 9.64 Å². The summed E-state index contributed by atoms with van der Waals surface area (Å²) < 4.78 is 5.24. The van der Waals surface area contributed by atoms with E-state index < -0.39 is 0 Å². The van der Waals surface area contributed by atoms with Gasteiger partial charge in [-0.25, -0.2) is 0 Å². The first-order valence-corrected chi connectivity index (χ1v) is 11.3. The summed E-state index contributed by atoms with van der Waals surface area (Å²) in [4.78, 5) is 30.9. The molecule has 0 N–H and O–H groups in total. The largest absolute Gasteiger partial charge is 0.497 e. The Morgan fingerprint density at radius 1 is 1.03 bits per heavy atom. The van der Waals surface area contributed by atoms with Crippen LogP contribution in [0.15, 0.2) is 66.0 Å². The fraction of sp³-hybridized carbons (Fsp3) is 0.280. The van der Waals surface area contributed by atoms with Crippen molar-refractivity contribution >= 4 is 28.8 Å². The highest BCUT2D eigenvalue weighted by molar-refractivity contribution is 7.10. The maximum atomic E-state index is 13.2. The first-order chi connectivity index (χ1) is 15.1. The van der Waals surface area contributed by atoms with Crippen molar-refractivity contribution in [1.82, 2.24) is 4.90 Å². The smallest absolute Gasteiger partial charge is 0.227 e. The minimum atomic E-state index is -0.0596. The second kappa shape index (κ2) is 9.79. The van der Waals surface area contributed by atoms with Crippen molar-refractivity contribution < 1.29 is 14.3 Å². The van der Waals surface area contributed by atoms with Gasteiger partial charge in [0.05, 0.1) is 13.7 Å². The highest BCUT2D eigenvalue weighted by Crippen LogP contribution is 2.25. The number of rotatable bonds is 7. The molecule has 1 aliphatic rings. The SMILES string of the molecule is COc1ccc(N(Cc2ccccc2)C(=O)CCC(=O)N2CCc3sccc3C2)cc1. The van der Waals surface area contributed by atoms with Gasteiger partial charge in [0.25, 0.3) is 0 Å². The summed E-state index contributed by atoms with van der Waals surface area (Å²) in [5, 5.41) is 2.08. The fourth-order valence-corrected chi connectivity index (χ4v) is 4.71. The third-order valence-electron chi connectivity index (χ3n) is 5.58. The molecule has 0 saturated heterocycles. The van der Waals surface area contributed by atoms with E-state index >= 15 is 0 Å². The van der Waals surface area contributed by atoms with Gasteiger partial charge in [-0.15, -0.1) is 11.3 Å². The molecule has 0 aliphatic carbocycles. The van der Waals surface area contributed by atoms with E-state index in [-0.39, 0.29) is 24.7 Å². The summed E-state index contributed by atoms with van der Waals surface area (Å²) in [6.45, 7) is 1.84.